The first-order valence-electron chi connectivity index (χ1n) is 8.98. The van der Waals surface area contributed by atoms with Gasteiger partial charge in [-0.1, -0.05) is 29.8 Å². The van der Waals surface area contributed by atoms with Gasteiger partial charge in [0, 0.05) is 5.69 Å². The maximum absolute atomic E-state index is 6.18. The third-order valence-electron chi connectivity index (χ3n) is 4.34. The van der Waals surface area contributed by atoms with Gasteiger partial charge in [-0.2, -0.15) is 19.7 Å². The first-order valence-corrected chi connectivity index (χ1v) is 9.36. The van der Waals surface area contributed by atoms with E-state index in [9.17, 15) is 0 Å². The van der Waals surface area contributed by atoms with Crippen LogP contribution in [0.15, 0.2) is 53.6 Å². The van der Waals surface area contributed by atoms with Gasteiger partial charge in [-0.25, -0.2) is 4.98 Å². The van der Waals surface area contributed by atoms with Crippen LogP contribution in [0.25, 0.3) is 11.2 Å². The Morgan fingerprint density at radius 3 is 2.59 bits per heavy atom. The molecular weight excluding hydrogens is 388 g/mol. The largest absolute Gasteiger partial charge is 0.497 e. The van der Waals surface area contributed by atoms with Gasteiger partial charge in [0.25, 0.3) is 0 Å². The number of aryl methyl sites for hydroxylation is 2. The number of methoxy groups -OCH3 is 1. The quantitative estimate of drug-likeness (QED) is 0.383. The molecule has 0 fully saturated rings. The molecule has 0 bridgehead atoms. The van der Waals surface area contributed by atoms with E-state index in [4.69, 9.17) is 16.3 Å². The lowest BCUT2D eigenvalue weighted by molar-refractivity contribution is 0.415. The number of aromatic nitrogens is 4. The molecule has 0 radical (unpaired) electrons. The zero-order valence-electron chi connectivity index (χ0n) is 16.2. The smallest absolute Gasteiger partial charge is 0.226 e. The first-order chi connectivity index (χ1) is 14.0. The maximum atomic E-state index is 6.18. The second-order valence-corrected chi connectivity index (χ2v) is 6.83. The molecule has 8 heteroatoms. The van der Waals surface area contributed by atoms with Crippen LogP contribution in [0.4, 0.5) is 11.5 Å². The fourth-order valence-corrected chi connectivity index (χ4v) is 3.11. The second kappa shape index (κ2) is 7.89. The standard InChI is InChI=1S/C21H19ClN6O/c1-13-5-4-6-15(11-13)12-23-28-14(2)24-18-19(26-21(22)27-20(18)28)25-16-7-9-17(29-3)10-8-16/h4-12H,1-3H3,(H,25,26,27). The van der Waals surface area contributed by atoms with Crippen LogP contribution in [-0.2, 0) is 0 Å². The van der Waals surface area contributed by atoms with Crippen LogP contribution in [0.3, 0.4) is 0 Å². The molecule has 4 aromatic rings. The molecule has 0 atom stereocenters. The average Bonchev–Trinajstić information content (AvgIpc) is 3.02. The van der Waals surface area contributed by atoms with Crippen LogP contribution in [-0.4, -0.2) is 33.0 Å². The predicted octanol–water partition coefficient (Wildman–Crippen LogP) is 4.73. The highest BCUT2D eigenvalue weighted by molar-refractivity contribution is 6.28. The third-order valence-corrected chi connectivity index (χ3v) is 4.51. The van der Waals surface area contributed by atoms with E-state index in [1.807, 2.05) is 56.3 Å². The van der Waals surface area contributed by atoms with Crippen molar-refractivity contribution in [3.05, 3.63) is 70.8 Å². The Kier molecular flexibility index (Phi) is 5.14. The first kappa shape index (κ1) is 18.9. The molecule has 0 aliphatic rings. The maximum Gasteiger partial charge on any atom is 0.226 e. The van der Waals surface area contributed by atoms with Gasteiger partial charge in [-0.15, -0.1) is 0 Å². The van der Waals surface area contributed by atoms with E-state index in [0.29, 0.717) is 22.8 Å². The molecule has 0 unspecified atom stereocenters. The molecule has 2 aromatic carbocycles. The lowest BCUT2D eigenvalue weighted by atomic mass is 10.2. The van der Waals surface area contributed by atoms with E-state index in [1.54, 1.807) is 18.0 Å². The summed E-state index contributed by atoms with van der Waals surface area (Å²) in [7, 11) is 1.63. The van der Waals surface area contributed by atoms with Gasteiger partial charge in [0.1, 0.15) is 11.6 Å². The Morgan fingerprint density at radius 2 is 1.86 bits per heavy atom. The summed E-state index contributed by atoms with van der Waals surface area (Å²) in [5.74, 6) is 1.96. The van der Waals surface area contributed by atoms with Crippen LogP contribution in [0.5, 0.6) is 5.75 Å². The minimum absolute atomic E-state index is 0.111. The van der Waals surface area contributed by atoms with Gasteiger partial charge in [0.2, 0.25) is 5.28 Å². The lowest BCUT2D eigenvalue weighted by Crippen LogP contribution is -1.99. The molecular formula is C21H19ClN6O. The van der Waals surface area contributed by atoms with Crippen LogP contribution in [0.2, 0.25) is 5.28 Å². The number of hydrogen-bond donors (Lipinski definition) is 1. The molecule has 0 amide bonds. The topological polar surface area (TPSA) is 77.2 Å². The second-order valence-electron chi connectivity index (χ2n) is 6.50. The highest BCUT2D eigenvalue weighted by atomic mass is 35.5. The van der Waals surface area contributed by atoms with E-state index in [-0.39, 0.29) is 5.28 Å². The van der Waals surface area contributed by atoms with Crippen molar-refractivity contribution in [1.82, 2.24) is 19.6 Å². The molecule has 0 aliphatic heterocycles. The normalized spacial score (nSPS) is 11.3. The van der Waals surface area contributed by atoms with Crippen molar-refractivity contribution in [2.24, 2.45) is 5.10 Å². The van der Waals surface area contributed by atoms with Gasteiger partial charge in [0.05, 0.1) is 13.3 Å². The summed E-state index contributed by atoms with van der Waals surface area (Å²) in [6.45, 7) is 3.90. The van der Waals surface area contributed by atoms with Gasteiger partial charge in [-0.05, 0) is 55.3 Å². The summed E-state index contributed by atoms with van der Waals surface area (Å²) in [6.07, 6.45) is 1.77. The van der Waals surface area contributed by atoms with Gasteiger partial charge < -0.3 is 10.1 Å². The van der Waals surface area contributed by atoms with E-state index in [1.165, 1.54) is 0 Å². The summed E-state index contributed by atoms with van der Waals surface area (Å²) in [4.78, 5) is 13.2. The molecule has 0 saturated heterocycles. The Balaban J connectivity index is 1.73. The molecule has 7 nitrogen and oxygen atoms in total. The fourth-order valence-electron chi connectivity index (χ4n) is 2.94. The molecule has 2 heterocycles. The van der Waals surface area contributed by atoms with Crippen molar-refractivity contribution in [3.8, 4) is 5.75 Å². The number of anilines is 2. The monoisotopic (exact) mass is 406 g/mol. The predicted molar refractivity (Wildman–Crippen MR) is 116 cm³/mol. The molecule has 0 aliphatic carbocycles. The van der Waals surface area contributed by atoms with E-state index in [2.05, 4.69) is 31.4 Å². The lowest BCUT2D eigenvalue weighted by Gasteiger charge is -2.07. The van der Waals surface area contributed by atoms with Gasteiger partial charge >= 0.3 is 0 Å². The van der Waals surface area contributed by atoms with Crippen molar-refractivity contribution in [1.29, 1.82) is 0 Å². The molecule has 29 heavy (non-hydrogen) atoms. The number of rotatable bonds is 5. The molecule has 2 aromatic heterocycles. The average molecular weight is 407 g/mol. The van der Waals surface area contributed by atoms with Crippen molar-refractivity contribution >= 4 is 40.5 Å². The number of halogens is 1. The number of nitrogens with zero attached hydrogens (tertiary/aromatic N) is 5. The molecule has 4 rings (SSSR count). The summed E-state index contributed by atoms with van der Waals surface area (Å²) in [5, 5.41) is 7.91. The van der Waals surface area contributed by atoms with Crippen molar-refractivity contribution in [2.75, 3.05) is 12.4 Å². The number of nitrogens with one attached hydrogen (secondary N) is 1. The Morgan fingerprint density at radius 1 is 1.07 bits per heavy atom. The Bertz CT molecular complexity index is 1200. The van der Waals surface area contributed by atoms with E-state index < -0.39 is 0 Å². The molecule has 1 N–H and O–H groups in total. The molecule has 146 valence electrons. The summed E-state index contributed by atoms with van der Waals surface area (Å²) < 4.78 is 6.85. The van der Waals surface area contributed by atoms with E-state index >= 15 is 0 Å². The molecule has 0 saturated carbocycles. The fraction of sp³-hybridized carbons (Fsp3) is 0.143. The highest BCUT2D eigenvalue weighted by Crippen LogP contribution is 2.26. The number of hydrogen-bond acceptors (Lipinski definition) is 6. The Labute approximate surface area is 173 Å². The zero-order chi connectivity index (χ0) is 20.4. The van der Waals surface area contributed by atoms with Crippen molar-refractivity contribution in [2.45, 2.75) is 13.8 Å². The number of ether oxygens (including phenoxy) is 1. The van der Waals surface area contributed by atoms with Crippen molar-refractivity contribution < 1.29 is 4.74 Å². The van der Waals surface area contributed by atoms with E-state index in [0.717, 1.165) is 22.6 Å². The number of imidazole rings is 1. The number of benzene rings is 2. The van der Waals surface area contributed by atoms with Gasteiger partial charge in [-0.3, -0.25) is 0 Å². The summed E-state index contributed by atoms with van der Waals surface area (Å²) in [6, 6.07) is 15.6. The van der Waals surface area contributed by atoms with Gasteiger partial charge in [0.15, 0.2) is 17.0 Å². The number of fused-ring (bicyclic) bond motifs is 1. The van der Waals surface area contributed by atoms with Crippen LogP contribution < -0.4 is 10.1 Å². The zero-order valence-corrected chi connectivity index (χ0v) is 17.0. The minimum atomic E-state index is 0.111. The third kappa shape index (κ3) is 4.05. The van der Waals surface area contributed by atoms with Crippen LogP contribution >= 0.6 is 11.6 Å². The highest BCUT2D eigenvalue weighted by Gasteiger charge is 2.15. The summed E-state index contributed by atoms with van der Waals surface area (Å²) >= 11 is 6.18. The summed E-state index contributed by atoms with van der Waals surface area (Å²) in [5.41, 5.74) is 4.10. The van der Waals surface area contributed by atoms with Crippen molar-refractivity contribution in [3.63, 3.8) is 0 Å². The molecule has 0 spiro atoms. The SMILES string of the molecule is COc1ccc(Nc2nc(Cl)nc3c2nc(C)n3N=Cc2cccc(C)c2)cc1. The van der Waals surface area contributed by atoms with Crippen LogP contribution in [0.1, 0.15) is 17.0 Å². The van der Waals surface area contributed by atoms with Crippen LogP contribution in [0, 0.1) is 13.8 Å². The Hall–Kier alpha value is -3.45. The minimum Gasteiger partial charge on any atom is -0.497 e.